The molecule has 0 aromatic rings. The Bertz CT molecular complexity index is 242. The third-order valence-electron chi connectivity index (χ3n) is 1.39. The molecule has 0 aliphatic rings. The normalized spacial score (nSPS) is 17.0. The van der Waals surface area contributed by atoms with Gasteiger partial charge in [-0.1, -0.05) is 19.0 Å². The van der Waals surface area contributed by atoms with Crippen molar-refractivity contribution in [1.82, 2.24) is 0 Å². The lowest BCUT2D eigenvalue weighted by molar-refractivity contribution is 0.229. The molecule has 0 saturated heterocycles. The van der Waals surface area contributed by atoms with Gasteiger partial charge in [0.15, 0.2) is 0 Å². The lowest BCUT2D eigenvalue weighted by Crippen LogP contribution is -2.14. The number of hydrogen-bond acceptors (Lipinski definition) is 4. The Morgan fingerprint density at radius 2 is 2.21 bits per heavy atom. The fourth-order valence-corrected chi connectivity index (χ4v) is 1.81. The Balaban J connectivity index is 3.90. The molecule has 14 heavy (non-hydrogen) atoms. The second-order valence-corrected chi connectivity index (χ2v) is 5.37. The van der Waals surface area contributed by atoms with E-state index in [1.165, 1.54) is 0 Å². The highest BCUT2D eigenvalue weighted by molar-refractivity contribution is 7.52. The summed E-state index contributed by atoms with van der Waals surface area (Å²) in [4.78, 5) is 9.25. The van der Waals surface area contributed by atoms with Crippen molar-refractivity contribution < 1.29 is 19.2 Å². The number of hydrogen-bond donors (Lipinski definition) is 3. The van der Waals surface area contributed by atoms with E-state index in [0.717, 1.165) is 0 Å². The Hall–Kier alpha value is -0.580. The van der Waals surface area contributed by atoms with E-state index in [2.05, 4.69) is 5.16 Å². The molecule has 1 atom stereocenters. The maximum absolute atomic E-state index is 11.3. The Morgan fingerprint density at radius 1 is 1.64 bits per heavy atom. The van der Waals surface area contributed by atoms with Gasteiger partial charge in [-0.3, -0.25) is 4.57 Å². The van der Waals surface area contributed by atoms with Gasteiger partial charge in [-0.2, -0.15) is 0 Å². The van der Waals surface area contributed by atoms with Crippen molar-refractivity contribution in [3.8, 4) is 0 Å². The van der Waals surface area contributed by atoms with Gasteiger partial charge in [0.2, 0.25) is 0 Å². The van der Waals surface area contributed by atoms with E-state index in [-0.39, 0.29) is 30.9 Å². The van der Waals surface area contributed by atoms with Gasteiger partial charge in [0.25, 0.3) is 0 Å². The van der Waals surface area contributed by atoms with Gasteiger partial charge in [-0.15, -0.1) is 0 Å². The monoisotopic (exact) mass is 224 g/mol. The van der Waals surface area contributed by atoms with E-state index in [9.17, 15) is 9.46 Å². The smallest absolute Gasteiger partial charge is 0.328 e. The second-order valence-electron chi connectivity index (χ2n) is 3.39. The van der Waals surface area contributed by atoms with Crippen LogP contribution in [0.25, 0.3) is 0 Å². The van der Waals surface area contributed by atoms with Gasteiger partial charge in [-0.05, 0) is 5.92 Å². The molecule has 1 unspecified atom stereocenters. The molecule has 0 bridgehead atoms. The molecule has 0 amide bonds. The molecular weight excluding hydrogens is 207 g/mol. The molecule has 0 rings (SSSR count). The van der Waals surface area contributed by atoms with Crippen LogP contribution in [0, 0.1) is 5.92 Å². The topological polar surface area (TPSA) is 105 Å². The predicted molar refractivity (Wildman–Crippen MR) is 53.5 cm³/mol. The van der Waals surface area contributed by atoms with Crippen molar-refractivity contribution >= 4 is 13.4 Å². The molecular formula is C7H17N2O4P. The summed E-state index contributed by atoms with van der Waals surface area (Å²) >= 11 is 0. The molecule has 7 heteroatoms. The molecule has 0 aliphatic carbocycles. The van der Waals surface area contributed by atoms with Crippen molar-refractivity contribution in [2.45, 2.75) is 20.3 Å². The second kappa shape index (κ2) is 6.01. The molecule has 84 valence electrons. The van der Waals surface area contributed by atoms with Crippen LogP contribution in [0.15, 0.2) is 5.16 Å². The average molecular weight is 224 g/mol. The summed E-state index contributed by atoms with van der Waals surface area (Å²) in [6.07, 6.45) is -0.0853. The minimum absolute atomic E-state index is 0.0440. The van der Waals surface area contributed by atoms with Crippen LogP contribution in [0.5, 0.6) is 0 Å². The molecule has 0 heterocycles. The number of nitrogens with two attached hydrogens (primary N) is 1. The first-order chi connectivity index (χ1) is 6.37. The third-order valence-corrected chi connectivity index (χ3v) is 2.73. The fraction of sp³-hybridized carbons (Fsp3) is 0.857. The molecule has 6 nitrogen and oxygen atoms in total. The van der Waals surface area contributed by atoms with E-state index in [1.54, 1.807) is 0 Å². The highest BCUT2D eigenvalue weighted by atomic mass is 31.2. The lowest BCUT2D eigenvalue weighted by Gasteiger charge is -2.12. The molecule has 0 aliphatic heterocycles. The summed E-state index contributed by atoms with van der Waals surface area (Å²) in [6.45, 7) is 3.98. The first-order valence-corrected chi connectivity index (χ1v) is 6.06. The summed E-state index contributed by atoms with van der Waals surface area (Å²) in [5.41, 5.74) is 5.15. The summed E-state index contributed by atoms with van der Waals surface area (Å²) < 4.78 is 16.1. The van der Waals surface area contributed by atoms with Crippen molar-refractivity contribution in [3.63, 3.8) is 0 Å². The van der Waals surface area contributed by atoms with Crippen LogP contribution in [0.4, 0.5) is 0 Å². The maximum atomic E-state index is 11.3. The van der Waals surface area contributed by atoms with Crippen LogP contribution in [-0.4, -0.2) is 28.7 Å². The fourth-order valence-electron chi connectivity index (χ4n) is 0.636. The Kier molecular flexibility index (Phi) is 5.76. The zero-order valence-corrected chi connectivity index (χ0v) is 9.28. The summed E-state index contributed by atoms with van der Waals surface area (Å²) in [5.74, 6) is 0.117. The summed E-state index contributed by atoms with van der Waals surface area (Å²) in [5, 5.41) is 10.9. The molecule has 0 saturated carbocycles. The molecule has 4 N–H and O–H groups in total. The quantitative estimate of drug-likeness (QED) is 0.205. The zero-order chi connectivity index (χ0) is 11.2. The SMILES string of the molecule is CC(C)COP(=O)(O)CCC(N)=NO. The average Bonchev–Trinajstić information content (AvgIpc) is 2.11. The van der Waals surface area contributed by atoms with Crippen molar-refractivity contribution in [1.29, 1.82) is 0 Å². The third kappa shape index (κ3) is 6.88. The van der Waals surface area contributed by atoms with E-state index in [1.807, 2.05) is 13.8 Å². The van der Waals surface area contributed by atoms with Crippen LogP contribution in [0.3, 0.4) is 0 Å². The largest absolute Gasteiger partial charge is 0.409 e. The maximum Gasteiger partial charge on any atom is 0.328 e. The van der Waals surface area contributed by atoms with Gasteiger partial charge < -0.3 is 20.4 Å². The molecule has 0 aromatic heterocycles. The Morgan fingerprint density at radius 3 is 2.64 bits per heavy atom. The highest BCUT2D eigenvalue weighted by Gasteiger charge is 2.19. The van der Waals surface area contributed by atoms with Crippen molar-refractivity contribution in [2.24, 2.45) is 16.8 Å². The predicted octanol–water partition coefficient (Wildman–Crippen LogP) is 0.981. The minimum atomic E-state index is -3.59. The highest BCUT2D eigenvalue weighted by Crippen LogP contribution is 2.42. The van der Waals surface area contributed by atoms with Gasteiger partial charge in [0.05, 0.1) is 12.8 Å². The Labute approximate surface area is 83.3 Å². The van der Waals surface area contributed by atoms with Gasteiger partial charge >= 0.3 is 7.60 Å². The van der Waals surface area contributed by atoms with Crippen molar-refractivity contribution in [3.05, 3.63) is 0 Å². The zero-order valence-electron chi connectivity index (χ0n) is 8.38. The van der Waals surface area contributed by atoms with Crippen LogP contribution >= 0.6 is 7.60 Å². The number of rotatable bonds is 6. The van der Waals surface area contributed by atoms with E-state index in [4.69, 9.17) is 15.5 Å². The van der Waals surface area contributed by atoms with Crippen LogP contribution < -0.4 is 5.73 Å². The van der Waals surface area contributed by atoms with Crippen LogP contribution in [-0.2, 0) is 9.09 Å². The van der Waals surface area contributed by atoms with Gasteiger partial charge in [0, 0.05) is 6.42 Å². The molecule has 0 fully saturated rings. The van der Waals surface area contributed by atoms with Gasteiger partial charge in [0.1, 0.15) is 5.84 Å². The first-order valence-electron chi connectivity index (χ1n) is 4.30. The number of nitrogens with zero attached hydrogens (tertiary/aromatic N) is 1. The number of oxime groups is 1. The minimum Gasteiger partial charge on any atom is -0.409 e. The molecule has 0 aromatic carbocycles. The first kappa shape index (κ1) is 13.4. The van der Waals surface area contributed by atoms with Gasteiger partial charge in [-0.25, -0.2) is 0 Å². The summed E-state index contributed by atoms with van der Waals surface area (Å²) in [7, 11) is -3.59. The van der Waals surface area contributed by atoms with Crippen LogP contribution in [0.1, 0.15) is 20.3 Å². The standard InChI is InChI=1S/C7H17N2O4P/c1-6(2)5-13-14(11,12)4-3-7(8)9-10/h6,10H,3-5H2,1-2H3,(H2,8,9)(H,11,12). The van der Waals surface area contributed by atoms with E-state index < -0.39 is 7.60 Å². The number of amidine groups is 1. The van der Waals surface area contributed by atoms with E-state index in [0.29, 0.717) is 0 Å². The summed E-state index contributed by atoms with van der Waals surface area (Å²) in [6, 6.07) is 0. The van der Waals surface area contributed by atoms with Crippen LogP contribution in [0.2, 0.25) is 0 Å². The molecule has 0 radical (unpaired) electrons. The van der Waals surface area contributed by atoms with E-state index >= 15 is 0 Å². The molecule has 0 spiro atoms. The lowest BCUT2D eigenvalue weighted by atomic mass is 10.2. The van der Waals surface area contributed by atoms with Crippen molar-refractivity contribution in [2.75, 3.05) is 12.8 Å².